The van der Waals surface area contributed by atoms with Crippen molar-refractivity contribution < 1.29 is 19.4 Å². The number of hydrogen-bond donors (Lipinski definition) is 2. The van der Waals surface area contributed by atoms with E-state index >= 15 is 0 Å². The molecule has 0 bridgehead atoms. The van der Waals surface area contributed by atoms with Crippen molar-refractivity contribution in [3.8, 4) is 11.5 Å². The Hall–Kier alpha value is -3.18. The molecule has 2 N–H and O–H groups in total. The Balaban J connectivity index is 1.52. The summed E-state index contributed by atoms with van der Waals surface area (Å²) >= 11 is 6.33. The van der Waals surface area contributed by atoms with E-state index in [0.29, 0.717) is 41.7 Å². The van der Waals surface area contributed by atoms with Gasteiger partial charge >= 0.3 is 5.97 Å². The Bertz CT molecular complexity index is 1150. The van der Waals surface area contributed by atoms with E-state index < -0.39 is 11.5 Å². The molecule has 0 spiro atoms. The number of carboxylic acids is 1. The highest BCUT2D eigenvalue weighted by atomic mass is 35.5. The number of aryl methyl sites for hydroxylation is 1. The monoisotopic (exact) mass is 451 g/mol. The maximum Gasteiger partial charge on any atom is 0.330 e. The predicted molar refractivity (Wildman–Crippen MR) is 126 cm³/mol. The molecule has 0 saturated carbocycles. The summed E-state index contributed by atoms with van der Waals surface area (Å²) in [6.07, 6.45) is 1.43. The van der Waals surface area contributed by atoms with Crippen LogP contribution in [0, 0.1) is 6.92 Å². The molecule has 0 radical (unpaired) electrons. The number of carbonyl (C=O) groups is 1. The SMILES string of the molecule is COc1ccc(NC2(C(=O)O)Cc3cccc(Cl)c3C2)cc1OCCc1cccc(C)c1. The van der Waals surface area contributed by atoms with Gasteiger partial charge in [0, 0.05) is 36.0 Å². The topological polar surface area (TPSA) is 67.8 Å². The van der Waals surface area contributed by atoms with E-state index in [1.807, 2.05) is 24.3 Å². The second kappa shape index (κ2) is 9.13. The molecule has 3 aromatic carbocycles. The first-order valence-corrected chi connectivity index (χ1v) is 10.9. The van der Waals surface area contributed by atoms with Gasteiger partial charge in [0.05, 0.1) is 13.7 Å². The van der Waals surface area contributed by atoms with Crippen molar-refractivity contribution in [2.75, 3.05) is 19.0 Å². The van der Waals surface area contributed by atoms with Crippen molar-refractivity contribution in [2.24, 2.45) is 0 Å². The molecule has 1 aliphatic rings. The van der Waals surface area contributed by atoms with Crippen LogP contribution in [0.5, 0.6) is 11.5 Å². The first-order chi connectivity index (χ1) is 15.4. The maximum absolute atomic E-state index is 12.3. The molecule has 0 amide bonds. The number of benzene rings is 3. The molecule has 0 aromatic heterocycles. The summed E-state index contributed by atoms with van der Waals surface area (Å²) in [7, 11) is 1.59. The highest BCUT2D eigenvalue weighted by Crippen LogP contribution is 2.38. The Morgan fingerprint density at radius 3 is 2.62 bits per heavy atom. The van der Waals surface area contributed by atoms with E-state index in [9.17, 15) is 9.90 Å². The third-order valence-electron chi connectivity index (χ3n) is 5.87. The maximum atomic E-state index is 12.3. The standard InChI is InChI=1S/C26H26ClNO4/c1-17-5-3-6-18(13-17)11-12-32-24-14-20(9-10-23(24)31-2)28-26(25(29)30)15-19-7-4-8-22(27)21(19)16-26/h3-10,13-14,28H,11-12,15-16H2,1-2H3,(H,29,30). The molecule has 166 valence electrons. The van der Waals surface area contributed by atoms with Gasteiger partial charge in [-0.2, -0.15) is 0 Å². The van der Waals surface area contributed by atoms with Gasteiger partial charge in [-0.1, -0.05) is 53.6 Å². The molecule has 0 aliphatic heterocycles. The van der Waals surface area contributed by atoms with Crippen molar-refractivity contribution in [1.82, 2.24) is 0 Å². The largest absolute Gasteiger partial charge is 0.493 e. The van der Waals surface area contributed by atoms with Crippen molar-refractivity contribution in [2.45, 2.75) is 31.7 Å². The summed E-state index contributed by atoms with van der Waals surface area (Å²) < 4.78 is 11.5. The van der Waals surface area contributed by atoms with Crippen molar-refractivity contribution >= 4 is 23.3 Å². The Kier molecular flexibility index (Phi) is 6.28. The molecule has 0 fully saturated rings. The molecule has 4 rings (SSSR count). The minimum Gasteiger partial charge on any atom is -0.493 e. The number of carboxylic acid groups (broad SMARTS) is 1. The molecule has 1 aliphatic carbocycles. The van der Waals surface area contributed by atoms with Crippen LogP contribution in [-0.2, 0) is 24.1 Å². The highest BCUT2D eigenvalue weighted by Gasteiger charge is 2.45. The lowest BCUT2D eigenvalue weighted by Gasteiger charge is -2.27. The van der Waals surface area contributed by atoms with Crippen LogP contribution in [0.2, 0.25) is 5.02 Å². The third-order valence-corrected chi connectivity index (χ3v) is 6.23. The average Bonchev–Trinajstić information content (AvgIpc) is 3.15. The van der Waals surface area contributed by atoms with Gasteiger partial charge in [0.25, 0.3) is 0 Å². The van der Waals surface area contributed by atoms with E-state index in [-0.39, 0.29) is 0 Å². The third kappa shape index (κ3) is 4.53. The van der Waals surface area contributed by atoms with Gasteiger partial charge in [-0.15, -0.1) is 0 Å². The molecule has 0 heterocycles. The van der Waals surface area contributed by atoms with Crippen LogP contribution >= 0.6 is 11.6 Å². The zero-order valence-corrected chi connectivity index (χ0v) is 18.9. The zero-order valence-electron chi connectivity index (χ0n) is 18.2. The number of methoxy groups -OCH3 is 1. The minimum atomic E-state index is -1.17. The molecule has 3 aromatic rings. The molecule has 6 heteroatoms. The number of hydrogen-bond acceptors (Lipinski definition) is 4. The highest BCUT2D eigenvalue weighted by molar-refractivity contribution is 6.31. The number of nitrogens with one attached hydrogen (secondary N) is 1. The van der Waals surface area contributed by atoms with Crippen LogP contribution in [0.4, 0.5) is 5.69 Å². The smallest absolute Gasteiger partial charge is 0.330 e. The van der Waals surface area contributed by atoms with E-state index in [1.165, 1.54) is 11.1 Å². The minimum absolute atomic E-state index is 0.312. The molecular weight excluding hydrogens is 426 g/mol. The van der Waals surface area contributed by atoms with Crippen LogP contribution in [0.1, 0.15) is 22.3 Å². The van der Waals surface area contributed by atoms with E-state index in [4.69, 9.17) is 21.1 Å². The van der Waals surface area contributed by atoms with Gasteiger partial charge in [0.2, 0.25) is 0 Å². The van der Waals surface area contributed by atoms with Crippen LogP contribution in [-0.4, -0.2) is 30.3 Å². The fourth-order valence-electron chi connectivity index (χ4n) is 4.24. The molecular formula is C26H26ClNO4. The summed E-state index contributed by atoms with van der Waals surface area (Å²) in [5.74, 6) is 0.253. The van der Waals surface area contributed by atoms with E-state index in [1.54, 1.807) is 25.3 Å². The summed E-state index contributed by atoms with van der Waals surface area (Å²) in [5, 5.41) is 13.9. The van der Waals surface area contributed by atoms with Gasteiger partial charge in [0.1, 0.15) is 5.54 Å². The molecule has 5 nitrogen and oxygen atoms in total. The van der Waals surface area contributed by atoms with Gasteiger partial charge in [-0.25, -0.2) is 4.79 Å². The quantitative estimate of drug-likeness (QED) is 0.485. The number of fused-ring (bicyclic) bond motifs is 1. The fraction of sp³-hybridized carbons (Fsp3) is 0.269. The first-order valence-electron chi connectivity index (χ1n) is 10.5. The Labute approximate surface area is 192 Å². The normalized spacial score (nSPS) is 17.0. The van der Waals surface area contributed by atoms with Crippen molar-refractivity contribution in [1.29, 1.82) is 0 Å². The first kappa shape index (κ1) is 22.0. The van der Waals surface area contributed by atoms with Gasteiger partial charge in [-0.05, 0) is 41.8 Å². The lowest BCUT2D eigenvalue weighted by atomic mass is 9.95. The summed E-state index contributed by atoms with van der Waals surface area (Å²) in [6, 6.07) is 19.3. The van der Waals surface area contributed by atoms with Gasteiger partial charge in [-0.3, -0.25) is 0 Å². The number of aliphatic carboxylic acids is 1. The van der Waals surface area contributed by atoms with E-state index in [0.717, 1.165) is 17.5 Å². The second-order valence-electron chi connectivity index (χ2n) is 8.20. The second-order valence-corrected chi connectivity index (χ2v) is 8.60. The van der Waals surface area contributed by atoms with Gasteiger partial charge in [0.15, 0.2) is 11.5 Å². The van der Waals surface area contributed by atoms with Gasteiger partial charge < -0.3 is 19.9 Å². The molecule has 0 saturated heterocycles. The Morgan fingerprint density at radius 2 is 1.91 bits per heavy atom. The number of rotatable bonds is 8. The number of halogens is 1. The Morgan fingerprint density at radius 1 is 1.09 bits per heavy atom. The number of anilines is 1. The van der Waals surface area contributed by atoms with Crippen molar-refractivity contribution in [3.63, 3.8) is 0 Å². The van der Waals surface area contributed by atoms with Crippen molar-refractivity contribution in [3.05, 3.63) is 87.9 Å². The molecule has 1 atom stereocenters. The average molecular weight is 452 g/mol. The predicted octanol–water partition coefficient (Wildman–Crippen LogP) is 5.31. The molecule has 32 heavy (non-hydrogen) atoms. The van der Waals surface area contributed by atoms with Crippen LogP contribution < -0.4 is 14.8 Å². The van der Waals surface area contributed by atoms with Crippen LogP contribution in [0.15, 0.2) is 60.7 Å². The van der Waals surface area contributed by atoms with Crippen LogP contribution in [0.3, 0.4) is 0 Å². The number of ether oxygens (including phenoxy) is 2. The van der Waals surface area contributed by atoms with Crippen LogP contribution in [0.25, 0.3) is 0 Å². The summed E-state index contributed by atoms with van der Waals surface area (Å²) in [6.45, 7) is 2.55. The zero-order chi connectivity index (χ0) is 22.7. The summed E-state index contributed by atoms with van der Waals surface area (Å²) in [4.78, 5) is 12.3. The summed E-state index contributed by atoms with van der Waals surface area (Å²) in [5.41, 5.74) is 3.73. The van der Waals surface area contributed by atoms with E-state index in [2.05, 4.69) is 30.4 Å². The lowest BCUT2D eigenvalue weighted by molar-refractivity contribution is -0.142. The molecule has 1 unspecified atom stereocenters. The fourth-order valence-corrected chi connectivity index (χ4v) is 4.50. The lowest BCUT2D eigenvalue weighted by Crippen LogP contribution is -2.47.